The second kappa shape index (κ2) is 10.4. The van der Waals surface area contributed by atoms with Crippen molar-refractivity contribution in [2.75, 3.05) is 0 Å². The van der Waals surface area contributed by atoms with Crippen LogP contribution in [0.1, 0.15) is 0 Å². The number of pyridine rings is 3. The van der Waals surface area contributed by atoms with E-state index < -0.39 is 0 Å². The van der Waals surface area contributed by atoms with E-state index in [4.69, 9.17) is 9.97 Å². The van der Waals surface area contributed by atoms with Crippen molar-refractivity contribution < 1.29 is 18.8 Å². The fourth-order valence-corrected chi connectivity index (χ4v) is 5.68. The molecule has 0 unspecified atom stereocenters. The van der Waals surface area contributed by atoms with Gasteiger partial charge in [0.15, 0.2) is 0 Å². The quantitative estimate of drug-likeness (QED) is 0.132. The zero-order valence-electron chi connectivity index (χ0n) is 21.1. The fourth-order valence-electron chi connectivity index (χ4n) is 5.68. The van der Waals surface area contributed by atoms with E-state index >= 15 is 0 Å². The molecule has 0 N–H and O–H groups in total. The van der Waals surface area contributed by atoms with Gasteiger partial charge in [0, 0.05) is 40.4 Å². The molecule has 40 heavy (non-hydrogen) atoms. The first-order valence-corrected chi connectivity index (χ1v) is 15.6. The van der Waals surface area contributed by atoms with Gasteiger partial charge >= 0.3 is 28.2 Å². The van der Waals surface area contributed by atoms with Gasteiger partial charge in [-0.25, -0.2) is 0 Å². The Morgan fingerprint density at radius 1 is 0.600 bits per heavy atom. The molecule has 0 bridgehead atoms. The predicted molar refractivity (Wildman–Crippen MR) is 163 cm³/mol. The van der Waals surface area contributed by atoms with Crippen LogP contribution in [0, 0.1) is 6.07 Å². The summed E-state index contributed by atoms with van der Waals surface area (Å²) in [5.74, 6) is 0. The molecule has 0 atom stereocenters. The third-order valence-electron chi connectivity index (χ3n) is 7.46. The summed E-state index contributed by atoms with van der Waals surface area (Å²) in [5, 5.41) is 9.09. The molecule has 192 valence electrons. The average molecular weight is 713 g/mol. The summed E-state index contributed by atoms with van der Waals surface area (Å²) >= 11 is 1.61. The van der Waals surface area contributed by atoms with Crippen LogP contribution in [0.2, 0.25) is 0 Å². The molecule has 3 heterocycles. The van der Waals surface area contributed by atoms with Crippen LogP contribution in [0.25, 0.3) is 76.5 Å². The first-order chi connectivity index (χ1) is 19.8. The molecule has 0 spiro atoms. The molecular weight excluding hydrogens is 693 g/mol. The van der Waals surface area contributed by atoms with Crippen molar-refractivity contribution >= 4 is 63.5 Å². The van der Waals surface area contributed by atoms with E-state index in [1.165, 1.54) is 16.2 Å². The van der Waals surface area contributed by atoms with Gasteiger partial charge in [0.2, 0.25) is 0 Å². The molecule has 5 heteroatoms. The van der Waals surface area contributed by atoms with Crippen LogP contribution in [0.5, 0.6) is 0 Å². The maximum Gasteiger partial charge on any atom is 0.0963 e. The van der Waals surface area contributed by atoms with E-state index in [-0.39, 0.29) is 0 Å². The van der Waals surface area contributed by atoms with Gasteiger partial charge in [-0.2, -0.15) is 0 Å². The summed E-state index contributed by atoms with van der Waals surface area (Å²) in [6, 6.07) is 39.7. The third kappa shape index (κ3) is 4.05. The third-order valence-corrected chi connectivity index (χ3v) is 7.46. The van der Waals surface area contributed by atoms with E-state index in [1.807, 2.05) is 18.6 Å². The van der Waals surface area contributed by atoms with Crippen molar-refractivity contribution in [2.24, 2.45) is 0 Å². The first kappa shape index (κ1) is 24.8. The monoisotopic (exact) mass is 712 g/mol. The molecule has 0 aliphatic rings. The smallest absolute Gasteiger partial charge is 0.0963 e. The SMILES string of the molecule is [Cl][Pt+].[c-]1c(-c2cc(-c3ccncc3)c3ccc4c5ccccc5cnc4c3n2)c2ccccc2c2ccccc12. The number of benzene rings is 5. The maximum absolute atomic E-state index is 5.31. The van der Waals surface area contributed by atoms with Crippen LogP contribution < -0.4 is 0 Å². The van der Waals surface area contributed by atoms with Crippen molar-refractivity contribution in [3.63, 3.8) is 0 Å². The minimum absolute atomic E-state index is 0.883. The number of hydrogen-bond acceptors (Lipinski definition) is 3. The number of hydrogen-bond donors (Lipinski definition) is 0. The van der Waals surface area contributed by atoms with Crippen LogP contribution >= 0.6 is 9.42 Å². The number of rotatable bonds is 2. The summed E-state index contributed by atoms with van der Waals surface area (Å²) in [6.45, 7) is 0. The van der Waals surface area contributed by atoms with Gasteiger partial charge in [-0.15, -0.1) is 17.5 Å². The fraction of sp³-hybridized carbons (Fsp3) is 0. The Morgan fingerprint density at radius 3 is 2.10 bits per heavy atom. The molecule has 3 nitrogen and oxygen atoms in total. The minimum Gasteiger partial charge on any atom is -0.284 e. The Bertz CT molecular complexity index is 2200. The van der Waals surface area contributed by atoms with E-state index in [0.29, 0.717) is 0 Å². The molecule has 8 aromatic rings. The van der Waals surface area contributed by atoms with Gasteiger partial charge in [-0.05, 0) is 28.6 Å². The van der Waals surface area contributed by atoms with Crippen LogP contribution in [-0.4, -0.2) is 15.0 Å². The molecule has 5 aromatic carbocycles. The molecule has 0 fully saturated rings. The largest absolute Gasteiger partial charge is 0.284 e. The molecule has 8 rings (SSSR count). The van der Waals surface area contributed by atoms with Crippen LogP contribution in [-0.2, 0) is 18.8 Å². The van der Waals surface area contributed by atoms with E-state index in [0.717, 1.165) is 60.3 Å². The predicted octanol–water partition coefficient (Wildman–Crippen LogP) is 9.46. The van der Waals surface area contributed by atoms with E-state index in [9.17, 15) is 0 Å². The second-order valence-corrected chi connectivity index (χ2v) is 9.59. The topological polar surface area (TPSA) is 38.7 Å². The number of halogens is 1. The summed E-state index contributed by atoms with van der Waals surface area (Å²) in [5.41, 5.74) is 5.88. The molecule has 0 aliphatic carbocycles. The average Bonchev–Trinajstić information content (AvgIpc) is 3.05. The standard InChI is InChI=1S/C35H20N3.ClH.Pt/c1-3-9-25-23(7-1)19-32(28-12-6-5-11-27(25)28)33-20-31(22-15-17-36-18-16-22)30-14-13-29-26-10-4-2-8-24(26)21-37-34(29)35(30)38-33;;/h1-18,20-21H;1H;/q-1;;+2/p-1. The van der Waals surface area contributed by atoms with Crippen molar-refractivity contribution in [1.29, 1.82) is 0 Å². The van der Waals surface area contributed by atoms with E-state index in [2.05, 4.69) is 124 Å². The van der Waals surface area contributed by atoms with Crippen LogP contribution in [0.3, 0.4) is 0 Å². The molecule has 0 saturated carbocycles. The minimum atomic E-state index is 0.883. The summed E-state index contributed by atoms with van der Waals surface area (Å²) in [6.07, 6.45) is 5.63. The Balaban J connectivity index is 0.00000130. The summed E-state index contributed by atoms with van der Waals surface area (Å²) in [7, 11) is 4.61. The first-order valence-electron chi connectivity index (χ1n) is 12.8. The molecule has 0 radical (unpaired) electrons. The van der Waals surface area contributed by atoms with Crippen molar-refractivity contribution in [3.05, 3.63) is 128 Å². The van der Waals surface area contributed by atoms with Gasteiger partial charge in [-0.1, -0.05) is 107 Å². The molecule has 3 aromatic heterocycles. The van der Waals surface area contributed by atoms with Crippen LogP contribution in [0.15, 0.2) is 122 Å². The van der Waals surface area contributed by atoms with E-state index in [1.54, 1.807) is 18.8 Å². The van der Waals surface area contributed by atoms with Crippen molar-refractivity contribution in [2.45, 2.75) is 0 Å². The second-order valence-electron chi connectivity index (χ2n) is 9.59. The Morgan fingerprint density at radius 2 is 1.27 bits per heavy atom. The molecule has 0 aliphatic heterocycles. The van der Waals surface area contributed by atoms with Crippen molar-refractivity contribution in [1.82, 2.24) is 15.0 Å². The summed E-state index contributed by atoms with van der Waals surface area (Å²) < 4.78 is 0. The number of aromatic nitrogens is 3. The van der Waals surface area contributed by atoms with Crippen LogP contribution in [0.4, 0.5) is 0 Å². The maximum atomic E-state index is 5.31. The summed E-state index contributed by atoms with van der Waals surface area (Å²) in [4.78, 5) is 14.5. The van der Waals surface area contributed by atoms with Gasteiger partial charge in [0.1, 0.15) is 0 Å². The molecule has 0 saturated heterocycles. The Kier molecular flexibility index (Phi) is 6.47. The molecule has 0 amide bonds. The normalized spacial score (nSPS) is 11.3. The molecular formula is C35H20ClN3Pt. The Labute approximate surface area is 246 Å². The van der Waals surface area contributed by atoms with Gasteiger partial charge < -0.3 is 0 Å². The van der Waals surface area contributed by atoms with Gasteiger partial charge in [0.25, 0.3) is 0 Å². The zero-order valence-corrected chi connectivity index (χ0v) is 24.1. The van der Waals surface area contributed by atoms with Crippen molar-refractivity contribution in [3.8, 4) is 22.4 Å². The Hall–Kier alpha value is -4.17. The number of fused-ring (bicyclic) bond motifs is 8. The van der Waals surface area contributed by atoms with Gasteiger partial charge in [-0.3, -0.25) is 15.0 Å². The zero-order chi connectivity index (χ0) is 27.1. The number of nitrogens with zero attached hydrogens (tertiary/aromatic N) is 3. The van der Waals surface area contributed by atoms with Gasteiger partial charge in [0.05, 0.1) is 11.0 Å².